The largest absolute Gasteiger partial charge is 0.394 e. The molecule has 1 aliphatic rings. The van der Waals surface area contributed by atoms with E-state index >= 15 is 0 Å². The minimum absolute atomic E-state index is 0.00491. The summed E-state index contributed by atoms with van der Waals surface area (Å²) < 4.78 is 5.22. The first-order chi connectivity index (χ1) is 5.65. The summed E-state index contributed by atoms with van der Waals surface area (Å²) in [6, 6.07) is -0.449. The van der Waals surface area contributed by atoms with Crippen molar-refractivity contribution in [3.63, 3.8) is 0 Å². The molecule has 0 aliphatic carbocycles. The smallest absolute Gasteiger partial charge is 0.315 e. The zero-order valence-corrected chi connectivity index (χ0v) is 7.06. The van der Waals surface area contributed by atoms with Crippen LogP contribution in [0, 0.1) is 0 Å². The second-order valence-corrected chi connectivity index (χ2v) is 2.98. The number of aliphatic hydroxyl groups is 1. The van der Waals surface area contributed by atoms with Crippen LogP contribution in [0.4, 0.5) is 4.79 Å². The first-order valence-corrected chi connectivity index (χ1v) is 3.93. The zero-order valence-electron chi connectivity index (χ0n) is 7.06. The third-order valence-corrected chi connectivity index (χ3v) is 1.99. The molecule has 5 nitrogen and oxygen atoms in total. The van der Waals surface area contributed by atoms with E-state index in [0.717, 1.165) is 0 Å². The molecule has 0 aromatic heterocycles. The highest BCUT2D eigenvalue weighted by Gasteiger charge is 2.27. The molecule has 0 spiro atoms. The summed E-state index contributed by atoms with van der Waals surface area (Å²) in [6.45, 7) is 2.61. The second-order valence-electron chi connectivity index (χ2n) is 2.98. The van der Waals surface area contributed by atoms with E-state index < -0.39 is 6.03 Å². The Morgan fingerprint density at radius 1 is 1.83 bits per heavy atom. The molecule has 0 bridgehead atoms. The summed E-state index contributed by atoms with van der Waals surface area (Å²) in [6.07, 6.45) is -0.284. The number of hydrogen-bond acceptors (Lipinski definition) is 3. The molecule has 12 heavy (non-hydrogen) atoms. The Balaban J connectivity index is 2.53. The normalized spacial score (nSPS) is 30.3. The molecule has 1 fully saturated rings. The van der Waals surface area contributed by atoms with Crippen molar-refractivity contribution >= 4 is 6.03 Å². The number of nitrogens with two attached hydrogens (primary N) is 1. The van der Waals surface area contributed by atoms with Crippen LogP contribution < -0.4 is 5.73 Å². The van der Waals surface area contributed by atoms with Gasteiger partial charge in [-0.25, -0.2) is 4.79 Å². The summed E-state index contributed by atoms with van der Waals surface area (Å²) in [4.78, 5) is 12.3. The fourth-order valence-electron chi connectivity index (χ4n) is 1.23. The van der Waals surface area contributed by atoms with Gasteiger partial charge in [0.15, 0.2) is 0 Å². The van der Waals surface area contributed by atoms with Crippen molar-refractivity contribution in [2.24, 2.45) is 5.73 Å². The number of carbonyl (C=O) groups is 1. The maximum Gasteiger partial charge on any atom is 0.315 e. The van der Waals surface area contributed by atoms with Crippen molar-refractivity contribution in [1.82, 2.24) is 4.90 Å². The summed E-state index contributed by atoms with van der Waals surface area (Å²) in [7, 11) is 0. The van der Waals surface area contributed by atoms with Crippen LogP contribution in [-0.4, -0.2) is 47.9 Å². The monoisotopic (exact) mass is 174 g/mol. The molecule has 2 unspecified atom stereocenters. The van der Waals surface area contributed by atoms with Gasteiger partial charge in [-0.3, -0.25) is 0 Å². The van der Waals surface area contributed by atoms with Crippen LogP contribution in [0.2, 0.25) is 0 Å². The standard InChI is InChI=1S/C7H14N2O3/c1-5-4-12-6(3-10)2-9(5)7(8)11/h5-6,10H,2-4H2,1H3,(H2,8,11). The molecule has 1 aliphatic heterocycles. The number of carbonyl (C=O) groups excluding carboxylic acids is 1. The Hall–Kier alpha value is -0.810. The number of primary amides is 1. The molecule has 0 aromatic carbocycles. The predicted octanol–water partition coefficient (Wildman–Crippen LogP) is -0.853. The van der Waals surface area contributed by atoms with E-state index in [0.29, 0.717) is 13.2 Å². The average Bonchev–Trinajstić information content (AvgIpc) is 2.05. The minimum atomic E-state index is -0.454. The molecule has 1 saturated heterocycles. The summed E-state index contributed by atoms with van der Waals surface area (Å²) in [5, 5.41) is 8.77. The van der Waals surface area contributed by atoms with E-state index in [9.17, 15) is 4.79 Å². The highest BCUT2D eigenvalue weighted by atomic mass is 16.5. The molecule has 70 valence electrons. The van der Waals surface area contributed by atoms with Crippen LogP contribution in [0.1, 0.15) is 6.92 Å². The van der Waals surface area contributed by atoms with Crippen molar-refractivity contribution in [2.45, 2.75) is 19.1 Å². The fourth-order valence-corrected chi connectivity index (χ4v) is 1.23. The van der Waals surface area contributed by atoms with Crippen molar-refractivity contribution in [3.8, 4) is 0 Å². The van der Waals surface area contributed by atoms with Gasteiger partial charge in [0.05, 0.1) is 31.9 Å². The molecule has 3 N–H and O–H groups in total. The topological polar surface area (TPSA) is 75.8 Å². The van der Waals surface area contributed by atoms with Gasteiger partial charge in [0.25, 0.3) is 0 Å². The van der Waals surface area contributed by atoms with E-state index in [1.807, 2.05) is 6.92 Å². The van der Waals surface area contributed by atoms with Crippen molar-refractivity contribution in [1.29, 1.82) is 0 Å². The summed E-state index contributed by atoms with van der Waals surface area (Å²) >= 11 is 0. The molecular weight excluding hydrogens is 160 g/mol. The summed E-state index contributed by atoms with van der Waals surface area (Å²) in [5.74, 6) is 0. The molecule has 1 heterocycles. The van der Waals surface area contributed by atoms with Crippen molar-refractivity contribution in [3.05, 3.63) is 0 Å². The lowest BCUT2D eigenvalue weighted by Gasteiger charge is -2.36. The van der Waals surface area contributed by atoms with Gasteiger partial charge < -0.3 is 20.5 Å². The Bertz CT molecular complexity index is 174. The van der Waals surface area contributed by atoms with Gasteiger partial charge in [0.2, 0.25) is 0 Å². The third-order valence-electron chi connectivity index (χ3n) is 1.99. The Kier molecular flexibility index (Phi) is 2.88. The van der Waals surface area contributed by atoms with E-state index in [-0.39, 0.29) is 18.8 Å². The molecule has 5 heteroatoms. The van der Waals surface area contributed by atoms with Crippen LogP contribution in [0.25, 0.3) is 0 Å². The molecule has 0 aromatic rings. The first-order valence-electron chi connectivity index (χ1n) is 3.93. The zero-order chi connectivity index (χ0) is 9.14. The highest BCUT2D eigenvalue weighted by molar-refractivity contribution is 5.72. The van der Waals surface area contributed by atoms with Crippen LogP contribution in [0.15, 0.2) is 0 Å². The highest BCUT2D eigenvalue weighted by Crippen LogP contribution is 2.10. The SMILES string of the molecule is CC1COC(CO)CN1C(N)=O. The maximum atomic E-state index is 10.8. The van der Waals surface area contributed by atoms with E-state index in [1.54, 1.807) is 0 Å². The fraction of sp³-hybridized carbons (Fsp3) is 0.857. The Morgan fingerprint density at radius 3 is 3.00 bits per heavy atom. The quantitative estimate of drug-likeness (QED) is 0.543. The molecule has 0 saturated carbocycles. The molecule has 0 radical (unpaired) electrons. The number of rotatable bonds is 1. The first kappa shape index (κ1) is 9.28. The Labute approximate surface area is 71.1 Å². The van der Waals surface area contributed by atoms with Gasteiger partial charge in [-0.2, -0.15) is 0 Å². The van der Waals surface area contributed by atoms with Gasteiger partial charge in [-0.1, -0.05) is 0 Å². The number of morpholine rings is 1. The summed E-state index contributed by atoms with van der Waals surface area (Å²) in [5.41, 5.74) is 5.12. The lowest BCUT2D eigenvalue weighted by Crippen LogP contribution is -2.53. The van der Waals surface area contributed by atoms with Crippen LogP contribution >= 0.6 is 0 Å². The van der Waals surface area contributed by atoms with Crippen molar-refractivity contribution in [2.75, 3.05) is 19.8 Å². The molecular formula is C7H14N2O3. The van der Waals surface area contributed by atoms with E-state index in [2.05, 4.69) is 0 Å². The third kappa shape index (κ3) is 1.86. The number of ether oxygens (including phenoxy) is 1. The number of hydrogen-bond donors (Lipinski definition) is 2. The van der Waals surface area contributed by atoms with Gasteiger partial charge in [0.1, 0.15) is 0 Å². The van der Waals surface area contributed by atoms with Gasteiger partial charge >= 0.3 is 6.03 Å². The van der Waals surface area contributed by atoms with Crippen LogP contribution in [0.3, 0.4) is 0 Å². The number of nitrogens with zero attached hydrogens (tertiary/aromatic N) is 1. The molecule has 2 atom stereocenters. The average molecular weight is 174 g/mol. The predicted molar refractivity (Wildman–Crippen MR) is 42.6 cm³/mol. The number of aliphatic hydroxyl groups excluding tert-OH is 1. The van der Waals surface area contributed by atoms with Gasteiger partial charge in [-0.05, 0) is 6.92 Å². The molecule has 2 amide bonds. The number of urea groups is 1. The minimum Gasteiger partial charge on any atom is -0.394 e. The van der Waals surface area contributed by atoms with Gasteiger partial charge in [-0.15, -0.1) is 0 Å². The van der Waals surface area contributed by atoms with Crippen molar-refractivity contribution < 1.29 is 14.6 Å². The van der Waals surface area contributed by atoms with Crippen LogP contribution in [-0.2, 0) is 4.74 Å². The van der Waals surface area contributed by atoms with E-state index in [4.69, 9.17) is 15.6 Å². The maximum absolute atomic E-state index is 10.8. The van der Waals surface area contributed by atoms with Gasteiger partial charge in [0, 0.05) is 0 Å². The Morgan fingerprint density at radius 2 is 2.50 bits per heavy atom. The molecule has 1 rings (SSSR count). The number of amides is 2. The van der Waals surface area contributed by atoms with E-state index in [1.165, 1.54) is 4.90 Å². The second kappa shape index (κ2) is 3.73. The lowest BCUT2D eigenvalue weighted by molar-refractivity contribution is -0.0617. The van der Waals surface area contributed by atoms with Crippen LogP contribution in [0.5, 0.6) is 0 Å². The lowest BCUT2D eigenvalue weighted by atomic mass is 10.2.